The van der Waals surface area contributed by atoms with E-state index in [0.717, 1.165) is 24.3 Å². The Balaban J connectivity index is 1.75. The molecule has 3 aromatic carbocycles. The summed E-state index contributed by atoms with van der Waals surface area (Å²) in [6.07, 6.45) is -1.81. The number of hydrogen-bond donors (Lipinski definition) is 2. The smallest absolute Gasteiger partial charge is 0.416 e. The minimum atomic E-state index is -4.54. The number of carboxylic acid groups (broad SMARTS) is 1. The number of aromatic nitrogens is 1. The summed E-state index contributed by atoms with van der Waals surface area (Å²) in [5.41, 5.74) is 0.248. The number of halogens is 3. The molecule has 4 rings (SSSR count). The van der Waals surface area contributed by atoms with Crippen LogP contribution >= 0.6 is 0 Å². The first-order valence-electron chi connectivity index (χ1n) is 10.6. The first-order valence-corrected chi connectivity index (χ1v) is 10.6. The average molecular weight is 493 g/mol. The van der Waals surface area contributed by atoms with Gasteiger partial charge in [0.2, 0.25) is 0 Å². The highest BCUT2D eigenvalue weighted by Gasteiger charge is 2.30. The molecule has 4 aromatic rings. The van der Waals surface area contributed by atoms with Gasteiger partial charge in [-0.05, 0) is 55.0 Å². The zero-order valence-electron chi connectivity index (χ0n) is 18.7. The number of aliphatic carboxylic acids is 1. The number of rotatable bonds is 6. The number of ketones is 1. The minimum Gasteiger partial charge on any atom is -0.508 e. The van der Waals surface area contributed by atoms with Gasteiger partial charge in [-0.3, -0.25) is 9.78 Å². The van der Waals surface area contributed by atoms with Crippen molar-refractivity contribution in [2.24, 2.45) is 0 Å². The second-order valence-corrected chi connectivity index (χ2v) is 7.91. The molecule has 6 nitrogen and oxygen atoms in total. The number of phenols is 1. The minimum absolute atomic E-state index is 0.0115. The zero-order valence-corrected chi connectivity index (χ0v) is 18.7. The Morgan fingerprint density at radius 2 is 1.64 bits per heavy atom. The molecule has 0 spiro atoms. The van der Waals surface area contributed by atoms with Gasteiger partial charge in [-0.15, -0.1) is 0 Å². The van der Waals surface area contributed by atoms with E-state index in [2.05, 4.69) is 4.98 Å². The summed E-state index contributed by atoms with van der Waals surface area (Å²) in [4.78, 5) is 28.5. The molecular formula is C27H18F3NO5. The molecule has 0 aliphatic rings. The van der Waals surface area contributed by atoms with E-state index in [-0.39, 0.29) is 28.2 Å². The molecule has 0 saturated heterocycles. The van der Waals surface area contributed by atoms with E-state index in [1.54, 1.807) is 24.3 Å². The molecule has 0 atom stereocenters. The molecule has 0 unspecified atom stereocenters. The van der Waals surface area contributed by atoms with Crippen LogP contribution in [0, 0.1) is 0 Å². The summed E-state index contributed by atoms with van der Waals surface area (Å²) in [6, 6.07) is 14.6. The topological polar surface area (TPSA) is 96.7 Å². The number of benzene rings is 3. The maximum absolute atomic E-state index is 13.3. The molecule has 2 N–H and O–H groups in total. The lowest BCUT2D eigenvalue weighted by Gasteiger charge is -2.14. The van der Waals surface area contributed by atoms with Crippen molar-refractivity contribution in [3.8, 4) is 17.2 Å². The number of carbonyl (C=O) groups excluding carboxylic acids is 1. The number of fused-ring (bicyclic) bond motifs is 1. The van der Waals surface area contributed by atoms with E-state index < -0.39 is 23.5 Å². The highest BCUT2D eigenvalue weighted by molar-refractivity contribution is 6.13. The summed E-state index contributed by atoms with van der Waals surface area (Å²) in [5, 5.41) is 19.3. The third-order valence-corrected chi connectivity index (χ3v) is 5.34. The van der Waals surface area contributed by atoms with Gasteiger partial charge in [0.1, 0.15) is 17.2 Å². The maximum atomic E-state index is 13.3. The van der Waals surface area contributed by atoms with E-state index in [0.29, 0.717) is 22.2 Å². The Hall–Kier alpha value is -4.66. The molecule has 0 fully saturated rings. The van der Waals surface area contributed by atoms with Gasteiger partial charge >= 0.3 is 12.1 Å². The number of aromatic hydroxyl groups is 1. The monoisotopic (exact) mass is 493 g/mol. The molecule has 0 radical (unpaired) electrons. The van der Waals surface area contributed by atoms with Crippen molar-refractivity contribution < 1.29 is 37.7 Å². The molecule has 1 aromatic heterocycles. The van der Waals surface area contributed by atoms with E-state index in [4.69, 9.17) is 9.84 Å². The van der Waals surface area contributed by atoms with Gasteiger partial charge < -0.3 is 14.9 Å². The first kappa shape index (κ1) is 24.5. The molecule has 0 aliphatic carbocycles. The van der Waals surface area contributed by atoms with E-state index in [9.17, 15) is 27.9 Å². The Bertz CT molecular complexity index is 1490. The van der Waals surface area contributed by atoms with Crippen LogP contribution in [0.15, 0.2) is 78.5 Å². The Morgan fingerprint density at radius 1 is 0.972 bits per heavy atom. The average Bonchev–Trinajstić information content (AvgIpc) is 2.84. The molecule has 0 bridgehead atoms. The van der Waals surface area contributed by atoms with Crippen molar-refractivity contribution in [2.45, 2.75) is 13.1 Å². The number of alkyl halides is 3. The fourth-order valence-corrected chi connectivity index (χ4v) is 3.46. The summed E-state index contributed by atoms with van der Waals surface area (Å²) in [6.45, 7) is 1.46. The summed E-state index contributed by atoms with van der Waals surface area (Å²) in [7, 11) is 0. The summed E-state index contributed by atoms with van der Waals surface area (Å²) in [5.74, 6) is -1.27. The summed E-state index contributed by atoms with van der Waals surface area (Å²) < 4.78 is 44.8. The van der Waals surface area contributed by atoms with Gasteiger partial charge in [-0.2, -0.15) is 13.2 Å². The predicted molar refractivity (Wildman–Crippen MR) is 126 cm³/mol. The van der Waals surface area contributed by atoms with Gasteiger partial charge in [0, 0.05) is 28.8 Å². The van der Waals surface area contributed by atoms with Crippen LogP contribution in [-0.4, -0.2) is 26.9 Å². The van der Waals surface area contributed by atoms with Crippen LogP contribution in [0.1, 0.15) is 34.0 Å². The lowest BCUT2D eigenvalue weighted by molar-refractivity contribution is -0.137. The van der Waals surface area contributed by atoms with Crippen LogP contribution in [0.4, 0.5) is 13.2 Å². The first-order chi connectivity index (χ1) is 17.0. The molecule has 0 saturated carbocycles. The molecule has 36 heavy (non-hydrogen) atoms. The number of ether oxygens (including phenoxy) is 1. The number of nitrogens with zero attached hydrogens (tertiary/aromatic N) is 1. The number of phenolic OH excluding ortho intramolecular Hbond substituents is 1. The van der Waals surface area contributed by atoms with Gasteiger partial charge in [0.05, 0.1) is 16.6 Å². The molecule has 0 aliphatic heterocycles. The van der Waals surface area contributed by atoms with E-state index in [1.165, 1.54) is 37.4 Å². The molecule has 1 heterocycles. The number of pyridine rings is 1. The second kappa shape index (κ2) is 9.53. The fourth-order valence-electron chi connectivity index (χ4n) is 3.46. The third-order valence-electron chi connectivity index (χ3n) is 5.34. The highest BCUT2D eigenvalue weighted by atomic mass is 19.4. The van der Waals surface area contributed by atoms with Crippen LogP contribution in [-0.2, 0) is 11.0 Å². The lowest BCUT2D eigenvalue weighted by Crippen LogP contribution is -2.08. The lowest BCUT2D eigenvalue weighted by atomic mass is 10.0. The molecule has 182 valence electrons. The van der Waals surface area contributed by atoms with Crippen molar-refractivity contribution in [3.63, 3.8) is 0 Å². The number of hydrogen-bond acceptors (Lipinski definition) is 5. The predicted octanol–water partition coefficient (Wildman–Crippen LogP) is 6.47. The largest absolute Gasteiger partial charge is 0.508 e. The normalized spacial score (nSPS) is 11.9. The quantitative estimate of drug-likeness (QED) is 0.236. The molecule has 0 amide bonds. The van der Waals surface area contributed by atoms with Crippen molar-refractivity contribution in [1.82, 2.24) is 4.98 Å². The van der Waals surface area contributed by atoms with E-state index >= 15 is 0 Å². The second-order valence-electron chi connectivity index (χ2n) is 7.91. The number of carbonyl (C=O) groups is 2. The van der Waals surface area contributed by atoms with Crippen LogP contribution in [0.5, 0.6) is 17.2 Å². The SMILES string of the molecule is C/C(=C\c1ccc(Oc2c(C(=O)c3ccc(C(F)(F)F)cc3)cnc3cc(O)ccc23)cc1)C(=O)O. The highest BCUT2D eigenvalue weighted by Crippen LogP contribution is 2.36. The Morgan fingerprint density at radius 3 is 2.25 bits per heavy atom. The number of carboxylic acids is 1. The Kier molecular flexibility index (Phi) is 6.48. The van der Waals surface area contributed by atoms with Crippen molar-refractivity contribution in [1.29, 1.82) is 0 Å². The van der Waals surface area contributed by atoms with Crippen LogP contribution < -0.4 is 4.74 Å². The van der Waals surface area contributed by atoms with Crippen molar-refractivity contribution in [3.05, 3.63) is 101 Å². The fraction of sp³-hybridized carbons (Fsp3) is 0.0741. The molecular weight excluding hydrogens is 475 g/mol. The van der Waals surface area contributed by atoms with Gasteiger partial charge in [0.15, 0.2) is 5.78 Å². The van der Waals surface area contributed by atoms with Crippen molar-refractivity contribution in [2.75, 3.05) is 0 Å². The third kappa shape index (κ3) is 5.20. The van der Waals surface area contributed by atoms with Crippen LogP contribution in [0.25, 0.3) is 17.0 Å². The van der Waals surface area contributed by atoms with Crippen LogP contribution in [0.2, 0.25) is 0 Å². The Labute approximate surface area is 202 Å². The van der Waals surface area contributed by atoms with E-state index in [1.807, 2.05) is 0 Å². The van der Waals surface area contributed by atoms with Crippen molar-refractivity contribution >= 4 is 28.7 Å². The summed E-state index contributed by atoms with van der Waals surface area (Å²) >= 11 is 0. The zero-order chi connectivity index (χ0) is 26.0. The van der Waals surface area contributed by atoms with Gasteiger partial charge in [-0.25, -0.2) is 4.79 Å². The van der Waals surface area contributed by atoms with Gasteiger partial charge in [0.25, 0.3) is 0 Å². The van der Waals surface area contributed by atoms with Crippen LogP contribution in [0.3, 0.4) is 0 Å². The molecule has 9 heteroatoms. The van der Waals surface area contributed by atoms with Gasteiger partial charge in [-0.1, -0.05) is 24.3 Å². The maximum Gasteiger partial charge on any atom is 0.416 e. The standard InChI is InChI=1S/C27H18F3NO5/c1-15(26(34)35)12-16-2-9-20(10-3-16)36-25-21-11-8-19(32)13-23(21)31-14-22(25)24(33)17-4-6-18(7-5-17)27(28,29)30/h2-14,32H,1H3,(H,34,35)/b15-12+.